The Balaban J connectivity index is 1.77. The Hall–Kier alpha value is -3.86. The molecule has 0 aromatic heterocycles. The molecule has 164 valence electrons. The minimum atomic E-state index is -0.388. The van der Waals surface area contributed by atoms with Crippen LogP contribution in [0.3, 0.4) is 0 Å². The third-order valence-corrected chi connectivity index (χ3v) is 4.93. The van der Waals surface area contributed by atoms with Gasteiger partial charge in [0.1, 0.15) is 5.75 Å². The van der Waals surface area contributed by atoms with E-state index < -0.39 is 0 Å². The van der Waals surface area contributed by atoms with Gasteiger partial charge in [-0.25, -0.2) is 4.79 Å². The number of carbonyl (C=O) groups excluding carboxylic acids is 2. The first-order chi connectivity index (χ1) is 15.6. The molecule has 0 atom stereocenters. The van der Waals surface area contributed by atoms with E-state index in [9.17, 15) is 9.59 Å². The van der Waals surface area contributed by atoms with Crippen molar-refractivity contribution in [3.05, 3.63) is 102 Å². The van der Waals surface area contributed by atoms with Gasteiger partial charge in [0.15, 0.2) is 0 Å². The molecular formula is C27H27NO4. The smallest absolute Gasteiger partial charge is 0.330 e. The number of esters is 1. The summed E-state index contributed by atoms with van der Waals surface area (Å²) in [5.74, 6) is 0.326. The maximum atomic E-state index is 13.4. The molecule has 0 fully saturated rings. The number of nitrogens with zero attached hydrogens (tertiary/aromatic N) is 1. The monoisotopic (exact) mass is 429 g/mol. The van der Waals surface area contributed by atoms with Crippen molar-refractivity contribution >= 4 is 23.6 Å². The molecule has 0 spiro atoms. The summed E-state index contributed by atoms with van der Waals surface area (Å²) in [6, 6.07) is 24.7. The van der Waals surface area contributed by atoms with E-state index in [1.807, 2.05) is 66.7 Å². The van der Waals surface area contributed by atoms with Crippen LogP contribution in [0.2, 0.25) is 0 Å². The topological polar surface area (TPSA) is 55.8 Å². The van der Waals surface area contributed by atoms with Crippen LogP contribution >= 0.6 is 0 Å². The molecule has 3 rings (SSSR count). The van der Waals surface area contributed by atoms with Crippen molar-refractivity contribution in [2.45, 2.75) is 13.3 Å². The summed E-state index contributed by atoms with van der Waals surface area (Å²) >= 11 is 0. The molecule has 3 aromatic rings. The highest BCUT2D eigenvalue weighted by Crippen LogP contribution is 2.20. The predicted molar refractivity (Wildman–Crippen MR) is 127 cm³/mol. The van der Waals surface area contributed by atoms with Gasteiger partial charge in [0, 0.05) is 23.9 Å². The van der Waals surface area contributed by atoms with Gasteiger partial charge in [-0.3, -0.25) is 4.79 Å². The fourth-order valence-corrected chi connectivity index (χ4v) is 3.27. The third-order valence-electron chi connectivity index (χ3n) is 4.93. The highest BCUT2D eigenvalue weighted by atomic mass is 16.5. The number of para-hydroxylation sites is 1. The number of rotatable bonds is 9. The molecule has 0 heterocycles. The number of carbonyl (C=O) groups is 2. The summed E-state index contributed by atoms with van der Waals surface area (Å²) in [4.78, 5) is 26.6. The molecule has 5 heteroatoms. The van der Waals surface area contributed by atoms with Gasteiger partial charge in [0.2, 0.25) is 0 Å². The summed E-state index contributed by atoms with van der Waals surface area (Å²) in [5.41, 5.74) is 3.33. The number of hydrogen-bond donors (Lipinski definition) is 0. The van der Waals surface area contributed by atoms with Gasteiger partial charge in [-0.05, 0) is 66.9 Å². The van der Waals surface area contributed by atoms with E-state index in [0.717, 1.165) is 22.6 Å². The van der Waals surface area contributed by atoms with Crippen molar-refractivity contribution in [3.63, 3.8) is 0 Å². The Bertz CT molecular complexity index is 1060. The van der Waals surface area contributed by atoms with Crippen LogP contribution in [0.1, 0.15) is 28.4 Å². The second-order valence-corrected chi connectivity index (χ2v) is 7.10. The highest BCUT2D eigenvalue weighted by molar-refractivity contribution is 6.06. The van der Waals surface area contributed by atoms with Crippen molar-refractivity contribution in [1.82, 2.24) is 0 Å². The highest BCUT2D eigenvalue weighted by Gasteiger charge is 2.17. The fraction of sp³-hybridized carbons (Fsp3) is 0.185. The van der Waals surface area contributed by atoms with E-state index in [1.165, 1.54) is 6.08 Å². The molecule has 0 unspecified atom stereocenters. The van der Waals surface area contributed by atoms with Crippen LogP contribution in [0.25, 0.3) is 6.08 Å². The second-order valence-electron chi connectivity index (χ2n) is 7.10. The lowest BCUT2D eigenvalue weighted by molar-refractivity contribution is -0.137. The zero-order chi connectivity index (χ0) is 22.8. The summed E-state index contributed by atoms with van der Waals surface area (Å²) < 4.78 is 10.2. The van der Waals surface area contributed by atoms with Gasteiger partial charge in [0.25, 0.3) is 5.91 Å². The van der Waals surface area contributed by atoms with Gasteiger partial charge >= 0.3 is 5.97 Å². The maximum absolute atomic E-state index is 13.4. The van der Waals surface area contributed by atoms with Gasteiger partial charge < -0.3 is 14.4 Å². The molecule has 1 amide bonds. The zero-order valence-corrected chi connectivity index (χ0v) is 18.4. The molecular weight excluding hydrogens is 402 g/mol. The first-order valence-electron chi connectivity index (χ1n) is 10.6. The van der Waals surface area contributed by atoms with Gasteiger partial charge in [-0.15, -0.1) is 0 Å². The largest absolute Gasteiger partial charge is 0.497 e. The van der Waals surface area contributed by atoms with Crippen LogP contribution in [0.4, 0.5) is 5.69 Å². The summed E-state index contributed by atoms with van der Waals surface area (Å²) in [7, 11) is 1.64. The lowest BCUT2D eigenvalue weighted by Crippen LogP contribution is -2.32. The standard InChI is InChI=1S/C27H27NO4/c1-3-32-26(29)17-14-21-12-15-23(16-13-21)27(30)28(24-9-5-4-6-10-24)19-18-22-8-7-11-25(20-22)31-2/h4-17,20H,3,18-19H2,1-2H3. The molecule has 0 saturated carbocycles. The molecule has 0 aliphatic heterocycles. The van der Waals surface area contributed by atoms with E-state index in [4.69, 9.17) is 9.47 Å². The zero-order valence-electron chi connectivity index (χ0n) is 18.4. The van der Waals surface area contributed by atoms with Crippen LogP contribution in [-0.4, -0.2) is 32.1 Å². The van der Waals surface area contributed by atoms with Crippen LogP contribution in [-0.2, 0) is 16.0 Å². The predicted octanol–water partition coefficient (Wildman–Crippen LogP) is 5.16. The average molecular weight is 430 g/mol. The average Bonchev–Trinajstić information content (AvgIpc) is 2.84. The third kappa shape index (κ3) is 6.32. The van der Waals surface area contributed by atoms with Crippen molar-refractivity contribution in [1.29, 1.82) is 0 Å². The molecule has 5 nitrogen and oxygen atoms in total. The van der Waals surface area contributed by atoms with Crippen LogP contribution in [0.15, 0.2) is 84.9 Å². The minimum Gasteiger partial charge on any atom is -0.497 e. The lowest BCUT2D eigenvalue weighted by atomic mass is 10.1. The summed E-state index contributed by atoms with van der Waals surface area (Å²) in [5, 5.41) is 0. The van der Waals surface area contributed by atoms with E-state index in [2.05, 4.69) is 0 Å². The number of hydrogen-bond acceptors (Lipinski definition) is 4. The normalized spacial score (nSPS) is 10.7. The van der Waals surface area contributed by atoms with Crippen LogP contribution < -0.4 is 9.64 Å². The molecule has 32 heavy (non-hydrogen) atoms. The molecule has 0 aliphatic rings. The minimum absolute atomic E-state index is 0.0833. The van der Waals surface area contributed by atoms with E-state index in [-0.39, 0.29) is 11.9 Å². The number of ether oxygens (including phenoxy) is 2. The molecule has 0 N–H and O–H groups in total. The Morgan fingerprint density at radius 3 is 2.38 bits per heavy atom. The van der Waals surface area contributed by atoms with Crippen LogP contribution in [0.5, 0.6) is 5.75 Å². The fourth-order valence-electron chi connectivity index (χ4n) is 3.27. The lowest BCUT2D eigenvalue weighted by Gasteiger charge is -2.23. The van der Waals surface area contributed by atoms with E-state index in [0.29, 0.717) is 25.1 Å². The van der Waals surface area contributed by atoms with Gasteiger partial charge in [-0.1, -0.05) is 42.5 Å². The molecule has 0 saturated heterocycles. The van der Waals surface area contributed by atoms with Crippen molar-refractivity contribution in [2.24, 2.45) is 0 Å². The SMILES string of the molecule is CCOC(=O)C=Cc1ccc(C(=O)N(CCc2cccc(OC)c2)c2ccccc2)cc1. The maximum Gasteiger partial charge on any atom is 0.330 e. The molecule has 0 bridgehead atoms. The van der Waals surface area contributed by atoms with Crippen molar-refractivity contribution in [3.8, 4) is 5.75 Å². The van der Waals surface area contributed by atoms with Gasteiger partial charge in [-0.2, -0.15) is 0 Å². The summed E-state index contributed by atoms with van der Waals surface area (Å²) in [6.07, 6.45) is 3.74. The van der Waals surface area contributed by atoms with Crippen molar-refractivity contribution in [2.75, 3.05) is 25.2 Å². The summed E-state index contributed by atoms with van der Waals surface area (Å²) in [6.45, 7) is 2.63. The Morgan fingerprint density at radius 1 is 0.938 bits per heavy atom. The second kappa shape index (κ2) is 11.5. The van der Waals surface area contributed by atoms with Gasteiger partial charge in [0.05, 0.1) is 13.7 Å². The number of benzene rings is 3. The molecule has 0 aliphatic carbocycles. The number of anilines is 1. The molecule has 0 radical (unpaired) electrons. The quantitative estimate of drug-likeness (QED) is 0.348. The Kier molecular flexibility index (Phi) is 8.21. The Morgan fingerprint density at radius 2 is 1.69 bits per heavy atom. The molecule has 3 aromatic carbocycles. The van der Waals surface area contributed by atoms with E-state index >= 15 is 0 Å². The number of amides is 1. The van der Waals surface area contributed by atoms with E-state index in [1.54, 1.807) is 37.1 Å². The first kappa shape index (κ1) is 22.8. The van der Waals surface area contributed by atoms with Crippen LogP contribution in [0, 0.1) is 0 Å². The van der Waals surface area contributed by atoms with Crippen molar-refractivity contribution < 1.29 is 19.1 Å². The number of methoxy groups -OCH3 is 1. The first-order valence-corrected chi connectivity index (χ1v) is 10.6. The Labute approximate surface area is 188 Å².